The number of furan rings is 1. The molecule has 0 saturated heterocycles. The van der Waals surface area contributed by atoms with Crippen molar-refractivity contribution in [2.75, 3.05) is 5.73 Å². The molecule has 0 aliphatic rings. The summed E-state index contributed by atoms with van der Waals surface area (Å²) in [7, 11) is 0. The zero-order valence-electron chi connectivity index (χ0n) is 8.87. The molecule has 0 aliphatic heterocycles. The first-order chi connectivity index (χ1) is 7.65. The number of benzene rings is 1. The van der Waals surface area contributed by atoms with Gasteiger partial charge in [-0.1, -0.05) is 11.6 Å². The number of aryl methyl sites for hydroxylation is 1. The quantitative estimate of drug-likeness (QED) is 0.661. The lowest BCUT2D eigenvalue weighted by Crippen LogP contribution is -1.88. The predicted molar refractivity (Wildman–Crippen MR) is 68.9 cm³/mol. The molecule has 0 radical (unpaired) electrons. The minimum Gasteiger partial charge on any atom is -0.465 e. The van der Waals surface area contributed by atoms with Crippen LogP contribution in [0.4, 0.5) is 5.69 Å². The fraction of sp³-hybridized carbons (Fsp3) is 0.167. The summed E-state index contributed by atoms with van der Waals surface area (Å²) in [5.74, 6) is 2.66. The second-order valence-corrected chi connectivity index (χ2v) is 4.94. The summed E-state index contributed by atoms with van der Waals surface area (Å²) in [5, 5.41) is 0.663. The first kappa shape index (κ1) is 11.4. The SMILES string of the molecule is Cc1ccc(CSc2ccc(Cl)cc2N)o1. The Morgan fingerprint density at radius 3 is 2.75 bits per heavy atom. The van der Waals surface area contributed by atoms with Crippen LogP contribution < -0.4 is 5.73 Å². The molecule has 0 fully saturated rings. The molecule has 0 spiro atoms. The van der Waals surface area contributed by atoms with Crippen LogP contribution >= 0.6 is 23.4 Å². The molecular weight excluding hydrogens is 242 g/mol. The van der Waals surface area contributed by atoms with Crippen LogP contribution in [0.1, 0.15) is 11.5 Å². The molecule has 1 aromatic heterocycles. The number of rotatable bonds is 3. The Hall–Kier alpha value is -1.06. The molecule has 84 valence electrons. The molecule has 0 amide bonds. The van der Waals surface area contributed by atoms with Crippen molar-refractivity contribution in [2.24, 2.45) is 0 Å². The van der Waals surface area contributed by atoms with Crippen molar-refractivity contribution in [1.29, 1.82) is 0 Å². The van der Waals surface area contributed by atoms with Crippen molar-refractivity contribution >= 4 is 29.1 Å². The molecule has 0 aliphatic carbocycles. The third-order valence-corrected chi connectivity index (χ3v) is 3.48. The highest BCUT2D eigenvalue weighted by molar-refractivity contribution is 7.98. The van der Waals surface area contributed by atoms with E-state index in [9.17, 15) is 0 Å². The van der Waals surface area contributed by atoms with Gasteiger partial charge in [0.2, 0.25) is 0 Å². The Morgan fingerprint density at radius 2 is 2.12 bits per heavy atom. The van der Waals surface area contributed by atoms with Crippen LogP contribution in [-0.4, -0.2) is 0 Å². The number of hydrogen-bond donors (Lipinski definition) is 1. The third-order valence-electron chi connectivity index (χ3n) is 2.14. The van der Waals surface area contributed by atoms with Gasteiger partial charge in [-0.25, -0.2) is 0 Å². The van der Waals surface area contributed by atoms with E-state index >= 15 is 0 Å². The van der Waals surface area contributed by atoms with E-state index < -0.39 is 0 Å². The Morgan fingerprint density at radius 1 is 1.31 bits per heavy atom. The number of anilines is 1. The van der Waals surface area contributed by atoms with Gasteiger partial charge in [0.15, 0.2) is 0 Å². The maximum Gasteiger partial charge on any atom is 0.114 e. The molecule has 0 bridgehead atoms. The lowest BCUT2D eigenvalue weighted by Gasteiger charge is -2.04. The van der Waals surface area contributed by atoms with Crippen LogP contribution in [-0.2, 0) is 5.75 Å². The largest absolute Gasteiger partial charge is 0.465 e. The van der Waals surface area contributed by atoms with Gasteiger partial charge in [0.05, 0.1) is 5.75 Å². The van der Waals surface area contributed by atoms with E-state index in [0.717, 1.165) is 22.2 Å². The normalized spacial score (nSPS) is 10.6. The van der Waals surface area contributed by atoms with Crippen molar-refractivity contribution < 1.29 is 4.42 Å². The van der Waals surface area contributed by atoms with E-state index in [0.29, 0.717) is 10.7 Å². The molecule has 2 rings (SSSR count). The maximum atomic E-state index is 5.85. The van der Waals surface area contributed by atoms with Crippen molar-refractivity contribution in [3.05, 3.63) is 46.9 Å². The van der Waals surface area contributed by atoms with E-state index in [1.54, 1.807) is 17.8 Å². The fourth-order valence-corrected chi connectivity index (χ4v) is 2.39. The highest BCUT2D eigenvalue weighted by Crippen LogP contribution is 2.30. The molecule has 2 nitrogen and oxygen atoms in total. The first-order valence-corrected chi connectivity index (χ1v) is 6.24. The second kappa shape index (κ2) is 4.85. The molecule has 1 heterocycles. The van der Waals surface area contributed by atoms with Gasteiger partial charge < -0.3 is 10.2 Å². The van der Waals surface area contributed by atoms with Gasteiger partial charge in [-0.05, 0) is 37.3 Å². The Bertz CT molecular complexity index is 496. The van der Waals surface area contributed by atoms with Crippen molar-refractivity contribution in [1.82, 2.24) is 0 Å². The Labute approximate surface area is 104 Å². The molecule has 2 N–H and O–H groups in total. The molecule has 0 atom stereocenters. The van der Waals surface area contributed by atoms with Crippen LogP contribution in [0.2, 0.25) is 5.02 Å². The summed E-state index contributed by atoms with van der Waals surface area (Å²) in [6, 6.07) is 9.47. The van der Waals surface area contributed by atoms with Gasteiger partial charge in [0.25, 0.3) is 0 Å². The molecule has 4 heteroatoms. The van der Waals surface area contributed by atoms with Crippen molar-refractivity contribution in [3.8, 4) is 0 Å². The minimum absolute atomic E-state index is 0.663. The average Bonchev–Trinajstić information content (AvgIpc) is 2.63. The molecule has 0 unspecified atom stereocenters. The molecular formula is C12H12ClNOS. The number of hydrogen-bond acceptors (Lipinski definition) is 3. The average molecular weight is 254 g/mol. The number of nitrogens with two attached hydrogens (primary N) is 1. The zero-order valence-corrected chi connectivity index (χ0v) is 10.4. The van der Waals surface area contributed by atoms with E-state index in [2.05, 4.69) is 0 Å². The standard InChI is InChI=1S/C12H12ClNOS/c1-8-2-4-10(15-8)7-16-12-5-3-9(13)6-11(12)14/h2-6H,7,14H2,1H3. The van der Waals surface area contributed by atoms with Crippen molar-refractivity contribution in [3.63, 3.8) is 0 Å². The van der Waals surface area contributed by atoms with Crippen molar-refractivity contribution in [2.45, 2.75) is 17.6 Å². The molecule has 1 aromatic carbocycles. The van der Waals surface area contributed by atoms with Gasteiger partial charge in [-0.15, -0.1) is 11.8 Å². The van der Waals surface area contributed by atoms with Gasteiger partial charge >= 0.3 is 0 Å². The molecule has 0 saturated carbocycles. The van der Waals surface area contributed by atoms with Crippen LogP contribution in [0.3, 0.4) is 0 Å². The van der Waals surface area contributed by atoms with Gasteiger partial charge in [0, 0.05) is 15.6 Å². The number of halogens is 1. The third kappa shape index (κ3) is 2.74. The monoisotopic (exact) mass is 253 g/mol. The van der Waals surface area contributed by atoms with E-state index in [1.165, 1.54) is 0 Å². The van der Waals surface area contributed by atoms with Gasteiger partial charge in [-0.2, -0.15) is 0 Å². The fourth-order valence-electron chi connectivity index (χ4n) is 1.36. The summed E-state index contributed by atoms with van der Waals surface area (Å²) in [4.78, 5) is 1.03. The van der Waals surface area contributed by atoms with E-state index in [-0.39, 0.29) is 0 Å². The molecule has 2 aromatic rings. The summed E-state index contributed by atoms with van der Waals surface area (Å²) in [5.41, 5.74) is 6.56. The maximum absolute atomic E-state index is 5.85. The van der Waals surface area contributed by atoms with Crippen LogP contribution in [0.25, 0.3) is 0 Å². The second-order valence-electron chi connectivity index (χ2n) is 3.48. The highest BCUT2D eigenvalue weighted by atomic mass is 35.5. The number of thioether (sulfide) groups is 1. The Balaban J connectivity index is 2.04. The van der Waals surface area contributed by atoms with Crippen LogP contribution in [0.15, 0.2) is 39.6 Å². The van der Waals surface area contributed by atoms with E-state index in [4.69, 9.17) is 21.8 Å². The number of nitrogen functional groups attached to an aromatic ring is 1. The van der Waals surface area contributed by atoms with E-state index in [1.807, 2.05) is 31.2 Å². The highest BCUT2D eigenvalue weighted by Gasteiger charge is 2.03. The zero-order chi connectivity index (χ0) is 11.5. The summed E-state index contributed by atoms with van der Waals surface area (Å²) in [6.45, 7) is 1.94. The summed E-state index contributed by atoms with van der Waals surface area (Å²) in [6.07, 6.45) is 0. The summed E-state index contributed by atoms with van der Waals surface area (Å²) < 4.78 is 5.48. The Kier molecular flexibility index (Phi) is 3.46. The molecule has 16 heavy (non-hydrogen) atoms. The van der Waals surface area contributed by atoms with Gasteiger partial charge in [0.1, 0.15) is 11.5 Å². The van der Waals surface area contributed by atoms with Crippen LogP contribution in [0, 0.1) is 6.92 Å². The lowest BCUT2D eigenvalue weighted by molar-refractivity contribution is 0.501. The van der Waals surface area contributed by atoms with Gasteiger partial charge in [-0.3, -0.25) is 0 Å². The topological polar surface area (TPSA) is 39.2 Å². The predicted octanol–water partition coefficient (Wildman–Crippen LogP) is 4.12. The lowest BCUT2D eigenvalue weighted by atomic mass is 10.3. The first-order valence-electron chi connectivity index (χ1n) is 4.88. The summed E-state index contributed by atoms with van der Waals surface area (Å²) >= 11 is 7.47. The smallest absolute Gasteiger partial charge is 0.114 e. The minimum atomic E-state index is 0.663. The van der Waals surface area contributed by atoms with Crippen LogP contribution in [0.5, 0.6) is 0 Å².